The second-order valence-corrected chi connectivity index (χ2v) is 7.62. The Labute approximate surface area is 148 Å². The second kappa shape index (κ2) is 6.57. The van der Waals surface area contributed by atoms with Crippen LogP contribution in [-0.2, 0) is 22.5 Å². The number of nitrogens with zero attached hydrogens (tertiary/aromatic N) is 5. The minimum Gasteiger partial charge on any atom is -0.388 e. The number of carbonyl (C=O) groups is 1. The minimum absolute atomic E-state index is 0.00945. The molecule has 0 aromatic carbocycles. The van der Waals surface area contributed by atoms with Crippen LogP contribution in [0.4, 0.5) is 5.95 Å². The third-order valence-corrected chi connectivity index (χ3v) is 5.44. The van der Waals surface area contributed by atoms with Crippen LogP contribution in [0.25, 0.3) is 0 Å². The van der Waals surface area contributed by atoms with E-state index in [2.05, 4.69) is 33.5 Å². The molecule has 2 saturated heterocycles. The molecule has 1 unspecified atom stereocenters. The van der Waals surface area contributed by atoms with E-state index in [1.807, 2.05) is 0 Å². The monoisotopic (exact) mass is 351 g/mol. The van der Waals surface area contributed by atoms with Gasteiger partial charge in [0.15, 0.2) is 0 Å². The van der Waals surface area contributed by atoms with Gasteiger partial charge in [0.25, 0.3) is 0 Å². The summed E-state index contributed by atoms with van der Waals surface area (Å²) in [5.74, 6) is 1.61. The Balaban J connectivity index is 1.74. The summed E-state index contributed by atoms with van der Waals surface area (Å²) in [6.45, 7) is 9.07. The third kappa shape index (κ3) is 3.50. The summed E-state index contributed by atoms with van der Waals surface area (Å²) < 4.78 is 7.56. The number of aromatic nitrogens is 3. The predicted octanol–water partition coefficient (Wildman–Crippen LogP) is 0.439. The molecule has 140 valence electrons. The molecule has 0 spiro atoms. The molecule has 0 aliphatic carbocycles. The predicted molar refractivity (Wildman–Crippen MR) is 93.5 cm³/mol. The van der Waals surface area contributed by atoms with Crippen molar-refractivity contribution in [2.75, 3.05) is 38.2 Å². The van der Waals surface area contributed by atoms with E-state index in [-0.39, 0.29) is 11.5 Å². The lowest BCUT2D eigenvalue weighted by atomic mass is 9.89. The first-order chi connectivity index (χ1) is 11.8. The van der Waals surface area contributed by atoms with Crippen LogP contribution in [0.3, 0.4) is 0 Å². The zero-order valence-electron chi connectivity index (χ0n) is 15.7. The Morgan fingerprint density at radius 1 is 1.32 bits per heavy atom. The fourth-order valence-corrected chi connectivity index (χ4v) is 3.87. The zero-order valence-corrected chi connectivity index (χ0v) is 15.7. The quantitative estimate of drug-likeness (QED) is 0.829. The molecule has 1 aromatic heterocycles. The van der Waals surface area contributed by atoms with Gasteiger partial charge in [0, 0.05) is 40.1 Å². The van der Waals surface area contributed by atoms with Crippen LogP contribution in [0.1, 0.15) is 39.4 Å². The van der Waals surface area contributed by atoms with Crippen LogP contribution in [0.15, 0.2) is 0 Å². The SMILES string of the molecule is CCn1c(CC2(O)CCCN(C(C)=O)C2)nnc1N1CC(C)(OC)C1. The van der Waals surface area contributed by atoms with Gasteiger partial charge in [0.05, 0.1) is 18.7 Å². The number of likely N-dealkylation sites (tertiary alicyclic amines) is 1. The highest BCUT2D eigenvalue weighted by molar-refractivity contribution is 5.73. The van der Waals surface area contributed by atoms with Gasteiger partial charge < -0.3 is 19.6 Å². The molecule has 3 rings (SSSR count). The Bertz CT molecular complexity index is 640. The summed E-state index contributed by atoms with van der Waals surface area (Å²) in [6, 6.07) is 0. The van der Waals surface area contributed by atoms with E-state index < -0.39 is 5.60 Å². The van der Waals surface area contributed by atoms with Gasteiger partial charge in [0.2, 0.25) is 11.9 Å². The number of ether oxygens (including phenoxy) is 1. The van der Waals surface area contributed by atoms with Crippen molar-refractivity contribution in [1.82, 2.24) is 19.7 Å². The summed E-state index contributed by atoms with van der Waals surface area (Å²) >= 11 is 0. The lowest BCUT2D eigenvalue weighted by molar-refractivity contribution is -0.136. The van der Waals surface area contributed by atoms with Crippen LogP contribution in [0.2, 0.25) is 0 Å². The van der Waals surface area contributed by atoms with Crippen molar-refractivity contribution < 1.29 is 14.6 Å². The number of methoxy groups -OCH3 is 1. The maximum absolute atomic E-state index is 11.7. The number of aliphatic hydroxyl groups is 1. The molecule has 2 aliphatic heterocycles. The van der Waals surface area contributed by atoms with Gasteiger partial charge in [-0.05, 0) is 26.7 Å². The molecular formula is C17H29N5O3. The number of hydrogen-bond donors (Lipinski definition) is 1. The van der Waals surface area contributed by atoms with Crippen LogP contribution >= 0.6 is 0 Å². The van der Waals surface area contributed by atoms with Crippen molar-refractivity contribution in [2.45, 2.75) is 57.8 Å². The topological polar surface area (TPSA) is 83.7 Å². The van der Waals surface area contributed by atoms with Gasteiger partial charge in [-0.3, -0.25) is 9.36 Å². The van der Waals surface area contributed by atoms with Crippen LogP contribution < -0.4 is 4.90 Å². The van der Waals surface area contributed by atoms with E-state index in [0.717, 1.165) is 37.8 Å². The fraction of sp³-hybridized carbons (Fsp3) is 0.824. The van der Waals surface area contributed by atoms with E-state index >= 15 is 0 Å². The fourth-order valence-electron chi connectivity index (χ4n) is 3.87. The summed E-state index contributed by atoms with van der Waals surface area (Å²) in [5, 5.41) is 19.7. The largest absolute Gasteiger partial charge is 0.388 e. The van der Waals surface area contributed by atoms with Crippen molar-refractivity contribution >= 4 is 11.9 Å². The standard InChI is InChI=1S/C17H29N5O3/c1-5-22-14(9-17(24)7-6-8-20(12-17)13(2)23)18-19-15(22)21-10-16(3,11-21)25-4/h24H,5-12H2,1-4H3. The molecule has 8 nitrogen and oxygen atoms in total. The number of carbonyl (C=O) groups excluding carboxylic acids is 1. The minimum atomic E-state index is -0.933. The lowest BCUT2D eigenvalue weighted by Gasteiger charge is -2.47. The van der Waals surface area contributed by atoms with Gasteiger partial charge in [-0.2, -0.15) is 0 Å². The molecule has 2 aliphatic rings. The Kier molecular flexibility index (Phi) is 4.76. The first kappa shape index (κ1) is 18.1. The van der Waals surface area contributed by atoms with Crippen molar-refractivity contribution in [2.24, 2.45) is 0 Å². The number of β-amino-alcohol motifs (C(OH)–C–C–N with tert-alkyl or cyclic N) is 1. The molecule has 0 radical (unpaired) electrons. The lowest BCUT2D eigenvalue weighted by Crippen LogP contribution is -2.61. The second-order valence-electron chi connectivity index (χ2n) is 7.62. The molecule has 8 heteroatoms. The number of rotatable bonds is 5. The molecule has 1 N–H and O–H groups in total. The summed E-state index contributed by atoms with van der Waals surface area (Å²) in [4.78, 5) is 15.5. The van der Waals surface area contributed by atoms with Gasteiger partial charge in [0.1, 0.15) is 11.4 Å². The zero-order chi connectivity index (χ0) is 18.2. The molecule has 1 amide bonds. The first-order valence-electron chi connectivity index (χ1n) is 8.99. The highest BCUT2D eigenvalue weighted by atomic mass is 16.5. The van der Waals surface area contributed by atoms with Gasteiger partial charge in [-0.1, -0.05) is 0 Å². The van der Waals surface area contributed by atoms with E-state index in [4.69, 9.17) is 4.74 Å². The molecule has 1 aromatic rings. The smallest absolute Gasteiger partial charge is 0.227 e. The average molecular weight is 351 g/mol. The summed E-state index contributed by atoms with van der Waals surface area (Å²) in [7, 11) is 1.73. The van der Waals surface area contributed by atoms with Crippen molar-refractivity contribution in [3.8, 4) is 0 Å². The van der Waals surface area contributed by atoms with Crippen LogP contribution in [-0.4, -0.2) is 75.2 Å². The van der Waals surface area contributed by atoms with E-state index in [1.165, 1.54) is 0 Å². The van der Waals surface area contributed by atoms with Crippen molar-refractivity contribution in [3.63, 3.8) is 0 Å². The van der Waals surface area contributed by atoms with Crippen molar-refractivity contribution in [3.05, 3.63) is 5.82 Å². The van der Waals surface area contributed by atoms with Crippen LogP contribution in [0.5, 0.6) is 0 Å². The normalized spacial score (nSPS) is 25.8. The number of hydrogen-bond acceptors (Lipinski definition) is 6. The maximum Gasteiger partial charge on any atom is 0.227 e. The first-order valence-corrected chi connectivity index (χ1v) is 8.99. The third-order valence-electron chi connectivity index (χ3n) is 5.44. The summed E-state index contributed by atoms with van der Waals surface area (Å²) in [6.07, 6.45) is 1.89. The maximum atomic E-state index is 11.7. The highest BCUT2D eigenvalue weighted by Gasteiger charge is 2.42. The highest BCUT2D eigenvalue weighted by Crippen LogP contribution is 2.31. The molecule has 0 bridgehead atoms. The van der Waals surface area contributed by atoms with Crippen molar-refractivity contribution in [1.29, 1.82) is 0 Å². The van der Waals surface area contributed by atoms with Crippen LogP contribution in [0, 0.1) is 0 Å². The van der Waals surface area contributed by atoms with E-state index in [0.29, 0.717) is 25.9 Å². The van der Waals surface area contributed by atoms with Gasteiger partial charge in [-0.15, -0.1) is 10.2 Å². The molecular weight excluding hydrogens is 322 g/mol. The van der Waals surface area contributed by atoms with E-state index in [9.17, 15) is 9.90 Å². The average Bonchev–Trinajstić information content (AvgIpc) is 2.93. The Morgan fingerprint density at radius 2 is 2.04 bits per heavy atom. The van der Waals surface area contributed by atoms with Gasteiger partial charge >= 0.3 is 0 Å². The van der Waals surface area contributed by atoms with Gasteiger partial charge in [-0.25, -0.2) is 0 Å². The molecule has 1 atom stereocenters. The summed E-state index contributed by atoms with van der Waals surface area (Å²) in [5.41, 5.74) is -1.06. The molecule has 2 fully saturated rings. The Hall–Kier alpha value is -1.67. The number of amides is 1. The number of anilines is 1. The number of piperidine rings is 1. The molecule has 0 saturated carbocycles. The molecule has 3 heterocycles. The Morgan fingerprint density at radius 3 is 2.64 bits per heavy atom. The molecule has 25 heavy (non-hydrogen) atoms. The van der Waals surface area contributed by atoms with E-state index in [1.54, 1.807) is 18.9 Å².